The predicted molar refractivity (Wildman–Crippen MR) is 70.1 cm³/mol. The number of carbonyl (C=O) groups is 1. The molecule has 0 spiro atoms. The average molecular weight is 287 g/mol. The Bertz CT molecular complexity index is 584. The Morgan fingerprint density at radius 3 is 2.35 bits per heavy atom. The van der Waals surface area contributed by atoms with Crippen LogP contribution in [0.2, 0.25) is 15.2 Å². The molecule has 0 radical (unpaired) electrons. The highest BCUT2D eigenvalue weighted by molar-refractivity contribution is 6.36. The molecular weight excluding hydrogens is 280 g/mol. The summed E-state index contributed by atoms with van der Waals surface area (Å²) in [7, 11) is 0. The van der Waals surface area contributed by atoms with E-state index in [2.05, 4.69) is 4.98 Å². The van der Waals surface area contributed by atoms with Crippen molar-refractivity contribution in [2.24, 2.45) is 0 Å². The molecule has 0 atom stereocenters. The molecule has 5 heteroatoms. The second-order valence-corrected chi connectivity index (χ2v) is 4.54. The molecule has 0 amide bonds. The molecule has 0 N–H and O–H groups in total. The van der Waals surface area contributed by atoms with Gasteiger partial charge in [0.1, 0.15) is 10.8 Å². The molecule has 0 saturated carbocycles. The summed E-state index contributed by atoms with van der Waals surface area (Å²) in [6.45, 7) is 0. The van der Waals surface area contributed by atoms with Crippen LogP contribution in [0.4, 0.5) is 0 Å². The van der Waals surface area contributed by atoms with E-state index in [1.807, 2.05) is 0 Å². The van der Waals surface area contributed by atoms with Crippen LogP contribution in [0.1, 0.15) is 10.5 Å². The van der Waals surface area contributed by atoms with E-state index in [-0.39, 0.29) is 10.8 Å². The van der Waals surface area contributed by atoms with Gasteiger partial charge in [0.2, 0.25) is 0 Å². The van der Waals surface area contributed by atoms with Gasteiger partial charge in [-0.25, -0.2) is 4.98 Å². The molecular formula is C12H6Cl3NO. The topological polar surface area (TPSA) is 30.0 Å². The van der Waals surface area contributed by atoms with Crippen molar-refractivity contribution >= 4 is 41.1 Å². The molecule has 86 valence electrons. The van der Waals surface area contributed by atoms with Crippen LogP contribution in [0.3, 0.4) is 0 Å². The van der Waals surface area contributed by atoms with Gasteiger partial charge >= 0.3 is 0 Å². The van der Waals surface area contributed by atoms with E-state index in [0.717, 1.165) is 0 Å². The fraction of sp³-hybridized carbons (Fsp3) is 0. The second-order valence-electron chi connectivity index (χ2n) is 3.31. The first-order chi connectivity index (χ1) is 8.11. The molecule has 1 aromatic heterocycles. The maximum Gasteiger partial charge on any atom is 0.169 e. The maximum absolute atomic E-state index is 10.9. The number of aromatic nitrogens is 1. The third-order valence-corrected chi connectivity index (χ3v) is 2.98. The molecule has 1 aromatic carbocycles. The Hall–Kier alpha value is -1.09. The number of hydrogen-bond donors (Lipinski definition) is 0. The van der Waals surface area contributed by atoms with E-state index in [4.69, 9.17) is 34.8 Å². The molecule has 2 rings (SSSR count). The van der Waals surface area contributed by atoms with Crippen LogP contribution < -0.4 is 0 Å². The molecule has 17 heavy (non-hydrogen) atoms. The number of hydrogen-bond acceptors (Lipinski definition) is 2. The van der Waals surface area contributed by atoms with Crippen LogP contribution in [-0.4, -0.2) is 11.3 Å². The maximum atomic E-state index is 10.9. The van der Waals surface area contributed by atoms with Gasteiger partial charge in [-0.1, -0.05) is 40.9 Å². The minimum atomic E-state index is 0.252. The van der Waals surface area contributed by atoms with Gasteiger partial charge < -0.3 is 0 Å². The molecule has 2 aromatic rings. The number of halogens is 3. The third kappa shape index (κ3) is 2.60. The van der Waals surface area contributed by atoms with Gasteiger partial charge in [0.25, 0.3) is 0 Å². The van der Waals surface area contributed by atoms with Gasteiger partial charge in [0, 0.05) is 21.2 Å². The number of aldehydes is 1. The number of carbonyl (C=O) groups excluding carboxylic acids is 1. The Kier molecular flexibility index (Phi) is 3.67. The van der Waals surface area contributed by atoms with E-state index in [9.17, 15) is 4.79 Å². The predicted octanol–water partition coefficient (Wildman–Crippen LogP) is 4.52. The zero-order chi connectivity index (χ0) is 12.4. The summed E-state index contributed by atoms with van der Waals surface area (Å²) in [5.41, 5.74) is 1.58. The summed E-state index contributed by atoms with van der Waals surface area (Å²) in [6, 6.07) is 8.36. The fourth-order valence-electron chi connectivity index (χ4n) is 1.48. The van der Waals surface area contributed by atoms with Gasteiger partial charge in [0.15, 0.2) is 6.29 Å². The highest BCUT2D eigenvalue weighted by Gasteiger charge is 2.10. The monoisotopic (exact) mass is 285 g/mol. The van der Waals surface area contributed by atoms with E-state index >= 15 is 0 Å². The molecule has 0 fully saturated rings. The van der Waals surface area contributed by atoms with E-state index < -0.39 is 0 Å². The number of rotatable bonds is 2. The van der Waals surface area contributed by atoms with Gasteiger partial charge in [-0.15, -0.1) is 0 Å². The van der Waals surface area contributed by atoms with E-state index in [1.54, 1.807) is 30.3 Å². The first-order valence-corrected chi connectivity index (χ1v) is 5.82. The van der Waals surface area contributed by atoms with Crippen LogP contribution >= 0.6 is 34.8 Å². The molecule has 0 unspecified atom stereocenters. The minimum absolute atomic E-state index is 0.252. The molecule has 1 heterocycles. The Morgan fingerprint density at radius 1 is 1.00 bits per heavy atom. The zero-order valence-electron chi connectivity index (χ0n) is 8.45. The smallest absolute Gasteiger partial charge is 0.169 e. The summed E-state index contributed by atoms with van der Waals surface area (Å²) in [5.74, 6) is 0. The lowest BCUT2D eigenvalue weighted by Crippen LogP contribution is -1.93. The minimum Gasteiger partial charge on any atom is -0.296 e. The highest BCUT2D eigenvalue weighted by Crippen LogP contribution is 2.32. The van der Waals surface area contributed by atoms with Crippen LogP contribution in [0.5, 0.6) is 0 Å². The van der Waals surface area contributed by atoms with Crippen LogP contribution in [-0.2, 0) is 0 Å². The lowest BCUT2D eigenvalue weighted by atomic mass is 10.0. The Labute approximate surface area is 113 Å². The standard InChI is InChI=1S/C12H6Cl3NO/c13-7-1-2-8(10(14)5-7)9-3-4-12(15)16-11(9)6-17/h1-6H. The summed E-state index contributed by atoms with van der Waals surface area (Å²) in [6.07, 6.45) is 0.645. The first kappa shape index (κ1) is 12.4. The van der Waals surface area contributed by atoms with Crippen molar-refractivity contribution in [2.45, 2.75) is 0 Å². The Morgan fingerprint density at radius 2 is 1.71 bits per heavy atom. The van der Waals surface area contributed by atoms with Crippen LogP contribution in [0.25, 0.3) is 11.1 Å². The average Bonchev–Trinajstić information content (AvgIpc) is 2.30. The second kappa shape index (κ2) is 5.05. The van der Waals surface area contributed by atoms with Crippen molar-refractivity contribution < 1.29 is 4.79 Å². The summed E-state index contributed by atoms with van der Waals surface area (Å²) >= 11 is 17.6. The molecule has 0 aliphatic heterocycles. The van der Waals surface area contributed by atoms with Crippen molar-refractivity contribution in [1.29, 1.82) is 0 Å². The number of pyridine rings is 1. The molecule has 0 aliphatic carbocycles. The van der Waals surface area contributed by atoms with Gasteiger partial charge in [0.05, 0.1) is 0 Å². The molecule has 0 aliphatic rings. The van der Waals surface area contributed by atoms with Crippen molar-refractivity contribution in [1.82, 2.24) is 4.98 Å². The summed E-state index contributed by atoms with van der Waals surface area (Å²) in [4.78, 5) is 14.9. The SMILES string of the molecule is O=Cc1nc(Cl)ccc1-c1ccc(Cl)cc1Cl. The van der Waals surface area contributed by atoms with Crippen molar-refractivity contribution in [3.05, 3.63) is 51.2 Å². The molecule has 0 saturated heterocycles. The highest BCUT2D eigenvalue weighted by atomic mass is 35.5. The van der Waals surface area contributed by atoms with Gasteiger partial charge in [-0.3, -0.25) is 4.79 Å². The quantitative estimate of drug-likeness (QED) is 0.600. The fourth-order valence-corrected chi connectivity index (χ4v) is 2.14. The van der Waals surface area contributed by atoms with E-state index in [0.29, 0.717) is 27.5 Å². The molecule has 0 bridgehead atoms. The van der Waals surface area contributed by atoms with Gasteiger partial charge in [-0.05, 0) is 24.3 Å². The number of nitrogens with zero attached hydrogens (tertiary/aromatic N) is 1. The number of benzene rings is 1. The van der Waals surface area contributed by atoms with Gasteiger partial charge in [-0.2, -0.15) is 0 Å². The lowest BCUT2D eigenvalue weighted by Gasteiger charge is -2.07. The third-order valence-electron chi connectivity index (χ3n) is 2.22. The van der Waals surface area contributed by atoms with Crippen molar-refractivity contribution in [3.8, 4) is 11.1 Å². The van der Waals surface area contributed by atoms with Crippen LogP contribution in [0, 0.1) is 0 Å². The van der Waals surface area contributed by atoms with Crippen LogP contribution in [0.15, 0.2) is 30.3 Å². The Balaban J connectivity index is 2.63. The normalized spacial score (nSPS) is 10.3. The summed E-state index contributed by atoms with van der Waals surface area (Å²) < 4.78 is 0. The lowest BCUT2D eigenvalue weighted by molar-refractivity contribution is 0.111. The first-order valence-electron chi connectivity index (χ1n) is 4.69. The largest absolute Gasteiger partial charge is 0.296 e. The van der Waals surface area contributed by atoms with E-state index in [1.165, 1.54) is 0 Å². The van der Waals surface area contributed by atoms with Crippen molar-refractivity contribution in [2.75, 3.05) is 0 Å². The molecule has 2 nitrogen and oxygen atoms in total. The van der Waals surface area contributed by atoms with Crippen molar-refractivity contribution in [3.63, 3.8) is 0 Å². The summed E-state index contributed by atoms with van der Waals surface area (Å²) in [5, 5.41) is 1.26. The zero-order valence-corrected chi connectivity index (χ0v) is 10.7.